The van der Waals surface area contributed by atoms with E-state index < -0.39 is 0 Å². The summed E-state index contributed by atoms with van der Waals surface area (Å²) < 4.78 is 0. The highest BCUT2D eigenvalue weighted by Crippen LogP contribution is 2.14. The predicted octanol–water partition coefficient (Wildman–Crippen LogP) is 1.27. The van der Waals surface area contributed by atoms with E-state index in [0.717, 1.165) is 19.6 Å². The van der Waals surface area contributed by atoms with Crippen molar-refractivity contribution in [2.24, 2.45) is 17.6 Å². The first kappa shape index (κ1) is 20.3. The molecule has 1 amide bonds. The van der Waals surface area contributed by atoms with E-state index in [-0.39, 0.29) is 42.7 Å². The number of hydrogen-bond acceptors (Lipinski definition) is 3. The normalized spacial score (nSPS) is 20.2. The zero-order valence-electron chi connectivity index (χ0n) is 11.5. The van der Waals surface area contributed by atoms with Crippen LogP contribution in [0.1, 0.15) is 26.7 Å². The van der Waals surface area contributed by atoms with Gasteiger partial charge in [-0.2, -0.15) is 0 Å². The summed E-state index contributed by atoms with van der Waals surface area (Å²) in [7, 11) is 2.15. The smallest absolute Gasteiger partial charge is 0.224 e. The first-order valence-electron chi connectivity index (χ1n) is 6.22. The van der Waals surface area contributed by atoms with E-state index in [1.807, 2.05) is 13.8 Å². The molecule has 1 saturated heterocycles. The molecule has 1 rings (SSSR count). The first-order chi connectivity index (χ1) is 7.50. The third-order valence-electron chi connectivity index (χ3n) is 3.61. The van der Waals surface area contributed by atoms with Crippen LogP contribution in [0.2, 0.25) is 0 Å². The van der Waals surface area contributed by atoms with Crippen molar-refractivity contribution in [2.75, 3.05) is 26.7 Å². The van der Waals surface area contributed by atoms with Crippen molar-refractivity contribution in [1.82, 2.24) is 10.2 Å². The highest BCUT2D eigenvalue weighted by atomic mass is 35.5. The molecule has 0 spiro atoms. The number of hydrogen-bond donors (Lipinski definition) is 2. The summed E-state index contributed by atoms with van der Waals surface area (Å²) >= 11 is 0. The van der Waals surface area contributed by atoms with Crippen LogP contribution in [0.4, 0.5) is 0 Å². The lowest BCUT2D eigenvalue weighted by molar-refractivity contribution is -0.125. The van der Waals surface area contributed by atoms with E-state index >= 15 is 0 Å². The largest absolute Gasteiger partial charge is 0.356 e. The second-order valence-electron chi connectivity index (χ2n) is 5.14. The fourth-order valence-electron chi connectivity index (χ4n) is 1.91. The molecular formula is C12H27Cl2N3O. The van der Waals surface area contributed by atoms with E-state index in [2.05, 4.69) is 17.3 Å². The Bertz CT molecular complexity index is 231. The van der Waals surface area contributed by atoms with Crippen LogP contribution in [-0.2, 0) is 4.79 Å². The average Bonchev–Trinajstić information content (AvgIpc) is 2.26. The fourth-order valence-corrected chi connectivity index (χ4v) is 1.91. The lowest BCUT2D eigenvalue weighted by Gasteiger charge is -2.29. The maximum Gasteiger partial charge on any atom is 0.224 e. The molecule has 1 fully saturated rings. The Morgan fingerprint density at radius 1 is 1.33 bits per heavy atom. The summed E-state index contributed by atoms with van der Waals surface area (Å²) in [5, 5.41) is 3.01. The Balaban J connectivity index is 0. The second-order valence-corrected chi connectivity index (χ2v) is 5.14. The number of amides is 1. The number of piperidine rings is 1. The maximum absolute atomic E-state index is 11.7. The van der Waals surface area contributed by atoms with Gasteiger partial charge >= 0.3 is 0 Å². The van der Waals surface area contributed by atoms with E-state index in [0.29, 0.717) is 5.92 Å². The first-order valence-corrected chi connectivity index (χ1v) is 6.22. The number of carbonyl (C=O) groups excluding carboxylic acids is 1. The van der Waals surface area contributed by atoms with Crippen molar-refractivity contribution in [2.45, 2.75) is 32.7 Å². The quantitative estimate of drug-likeness (QED) is 0.822. The fraction of sp³-hybridized carbons (Fsp3) is 0.917. The topological polar surface area (TPSA) is 58.4 Å². The van der Waals surface area contributed by atoms with E-state index in [9.17, 15) is 4.79 Å². The predicted molar refractivity (Wildman–Crippen MR) is 80.5 cm³/mol. The lowest BCUT2D eigenvalue weighted by atomic mass is 9.96. The Labute approximate surface area is 123 Å². The van der Waals surface area contributed by atoms with Gasteiger partial charge in [-0.1, -0.05) is 6.92 Å². The van der Waals surface area contributed by atoms with Crippen molar-refractivity contribution >= 4 is 30.7 Å². The zero-order chi connectivity index (χ0) is 12.1. The van der Waals surface area contributed by atoms with Crippen molar-refractivity contribution < 1.29 is 4.79 Å². The molecule has 6 heteroatoms. The molecule has 0 aliphatic carbocycles. The summed E-state index contributed by atoms with van der Waals surface area (Å²) in [6, 6.07) is -0.0718. The van der Waals surface area contributed by atoms with Gasteiger partial charge in [0.25, 0.3) is 0 Å². The third kappa shape index (κ3) is 6.78. The molecule has 0 bridgehead atoms. The number of rotatable bonds is 4. The van der Waals surface area contributed by atoms with Crippen LogP contribution >= 0.6 is 24.8 Å². The summed E-state index contributed by atoms with van der Waals surface area (Å²) in [5.74, 6) is 0.639. The molecular weight excluding hydrogens is 273 g/mol. The van der Waals surface area contributed by atoms with Crippen LogP contribution in [0.25, 0.3) is 0 Å². The van der Waals surface area contributed by atoms with E-state index in [4.69, 9.17) is 5.73 Å². The molecule has 110 valence electrons. The maximum atomic E-state index is 11.7. The zero-order valence-corrected chi connectivity index (χ0v) is 13.1. The molecule has 0 aromatic carbocycles. The van der Waals surface area contributed by atoms with Gasteiger partial charge in [-0.25, -0.2) is 0 Å². The minimum absolute atomic E-state index is 0. The monoisotopic (exact) mass is 299 g/mol. The Morgan fingerprint density at radius 2 is 1.83 bits per heavy atom. The van der Waals surface area contributed by atoms with Gasteiger partial charge in [-0.3, -0.25) is 4.79 Å². The van der Waals surface area contributed by atoms with Gasteiger partial charge in [0, 0.05) is 18.5 Å². The molecule has 2 atom stereocenters. The number of carbonyl (C=O) groups is 1. The second kappa shape index (κ2) is 9.84. The average molecular weight is 300 g/mol. The van der Waals surface area contributed by atoms with Gasteiger partial charge in [0.15, 0.2) is 0 Å². The van der Waals surface area contributed by atoms with Gasteiger partial charge in [0.05, 0.1) is 0 Å². The lowest BCUT2D eigenvalue weighted by Crippen LogP contribution is -2.42. The minimum atomic E-state index is -0.0914. The standard InChI is InChI=1S/C12H25N3O.2ClH/c1-9(10(2)13)12(16)14-8-11-4-6-15(3)7-5-11;;/h9-11H,4-8,13H2,1-3H3,(H,14,16);2*1H. The molecule has 1 aliphatic heterocycles. The van der Waals surface area contributed by atoms with Crippen LogP contribution in [0.15, 0.2) is 0 Å². The van der Waals surface area contributed by atoms with E-state index in [1.165, 1.54) is 12.8 Å². The molecule has 18 heavy (non-hydrogen) atoms. The summed E-state index contributed by atoms with van der Waals surface area (Å²) in [6.45, 7) is 6.85. The molecule has 4 nitrogen and oxygen atoms in total. The SMILES string of the molecule is CC(N)C(C)C(=O)NCC1CCN(C)CC1.Cl.Cl. The number of nitrogens with one attached hydrogen (secondary N) is 1. The molecule has 0 aromatic rings. The van der Waals surface area contributed by atoms with Crippen LogP contribution < -0.4 is 11.1 Å². The highest BCUT2D eigenvalue weighted by Gasteiger charge is 2.20. The molecule has 1 aliphatic rings. The van der Waals surface area contributed by atoms with Gasteiger partial charge < -0.3 is 16.0 Å². The van der Waals surface area contributed by atoms with Crippen LogP contribution in [0.5, 0.6) is 0 Å². The van der Waals surface area contributed by atoms with Gasteiger partial charge in [0.2, 0.25) is 5.91 Å². The van der Waals surface area contributed by atoms with Crippen molar-refractivity contribution in [3.63, 3.8) is 0 Å². The van der Waals surface area contributed by atoms with Crippen molar-refractivity contribution in [3.8, 4) is 0 Å². The van der Waals surface area contributed by atoms with Crippen molar-refractivity contribution in [1.29, 1.82) is 0 Å². The number of likely N-dealkylation sites (tertiary alicyclic amines) is 1. The molecule has 2 unspecified atom stereocenters. The van der Waals surface area contributed by atoms with Crippen LogP contribution in [-0.4, -0.2) is 43.5 Å². The molecule has 0 radical (unpaired) electrons. The highest BCUT2D eigenvalue weighted by molar-refractivity contribution is 5.85. The summed E-state index contributed by atoms with van der Waals surface area (Å²) in [5.41, 5.74) is 5.70. The molecule has 0 saturated carbocycles. The van der Waals surface area contributed by atoms with Gasteiger partial charge in [-0.05, 0) is 45.8 Å². The number of halogens is 2. The van der Waals surface area contributed by atoms with Gasteiger partial charge in [-0.15, -0.1) is 24.8 Å². The third-order valence-corrected chi connectivity index (χ3v) is 3.61. The van der Waals surface area contributed by atoms with Crippen LogP contribution in [0, 0.1) is 11.8 Å². The van der Waals surface area contributed by atoms with Crippen LogP contribution in [0.3, 0.4) is 0 Å². The Morgan fingerprint density at radius 3 is 2.28 bits per heavy atom. The van der Waals surface area contributed by atoms with Gasteiger partial charge in [0.1, 0.15) is 0 Å². The number of nitrogens with zero attached hydrogens (tertiary/aromatic N) is 1. The van der Waals surface area contributed by atoms with Crippen molar-refractivity contribution in [3.05, 3.63) is 0 Å². The molecule has 0 aromatic heterocycles. The number of nitrogens with two attached hydrogens (primary N) is 1. The summed E-state index contributed by atoms with van der Waals surface area (Å²) in [6.07, 6.45) is 2.37. The Kier molecular flexibility index (Phi) is 11.1. The molecule has 3 N–H and O–H groups in total. The minimum Gasteiger partial charge on any atom is -0.356 e. The molecule has 1 heterocycles. The Hall–Kier alpha value is -0.0300. The summed E-state index contributed by atoms with van der Waals surface area (Å²) in [4.78, 5) is 14.0. The van der Waals surface area contributed by atoms with E-state index in [1.54, 1.807) is 0 Å².